The molecule has 4 N–H and O–H groups in total. The van der Waals surface area contributed by atoms with Gasteiger partial charge >= 0.3 is 0 Å². The predicted octanol–water partition coefficient (Wildman–Crippen LogP) is 3.43. The smallest absolute Gasteiger partial charge is 0.253 e. The number of halogens is 1. The summed E-state index contributed by atoms with van der Waals surface area (Å²) in [5, 5.41) is 13.3. The molecule has 23 heavy (non-hydrogen) atoms. The number of aromatic amines is 2. The molecule has 0 aliphatic carbocycles. The number of aromatic nitrogens is 2. The molecule has 7 heteroatoms. The van der Waals surface area contributed by atoms with Crippen LogP contribution in [0.3, 0.4) is 0 Å². The van der Waals surface area contributed by atoms with Crippen molar-refractivity contribution >= 4 is 29.2 Å². The zero-order valence-corrected chi connectivity index (χ0v) is 14.1. The number of amides is 1. The van der Waals surface area contributed by atoms with Crippen molar-refractivity contribution in [3.63, 3.8) is 0 Å². The van der Waals surface area contributed by atoms with Gasteiger partial charge in [0.25, 0.3) is 5.91 Å². The fourth-order valence-corrected chi connectivity index (χ4v) is 3.07. The quantitative estimate of drug-likeness (QED) is 0.584. The number of benzene rings is 1. The van der Waals surface area contributed by atoms with Gasteiger partial charge < -0.3 is 20.4 Å². The Labute approximate surface area is 139 Å². The van der Waals surface area contributed by atoms with Gasteiger partial charge in [-0.15, -0.1) is 0 Å². The molecule has 126 valence electrons. The molecule has 0 saturated carbocycles. The average Bonchev–Trinajstić information content (AvgIpc) is 2.84. The Hall–Kier alpha value is -1.73. The highest BCUT2D eigenvalue weighted by atomic mass is 32.1. The molecule has 0 unspecified atom stereocenters. The van der Waals surface area contributed by atoms with E-state index in [-0.39, 0.29) is 12.1 Å². The number of aliphatic hydroxyl groups is 1. The molecule has 0 radical (unpaired) electrons. The fourth-order valence-electron chi connectivity index (χ4n) is 2.86. The van der Waals surface area contributed by atoms with E-state index in [1.54, 1.807) is 0 Å². The number of rotatable bonds is 7. The summed E-state index contributed by atoms with van der Waals surface area (Å²) in [7, 11) is 0. The normalized spacial score (nSPS) is 11.8. The molecule has 0 aliphatic heterocycles. The van der Waals surface area contributed by atoms with E-state index in [0.29, 0.717) is 28.6 Å². The van der Waals surface area contributed by atoms with E-state index in [1.165, 1.54) is 6.07 Å². The van der Waals surface area contributed by atoms with Crippen LogP contribution in [0.2, 0.25) is 0 Å². The van der Waals surface area contributed by atoms with Crippen molar-refractivity contribution in [3.8, 4) is 0 Å². The van der Waals surface area contributed by atoms with Crippen LogP contribution in [0.4, 0.5) is 4.39 Å². The lowest BCUT2D eigenvalue weighted by atomic mass is 9.92. The highest BCUT2D eigenvalue weighted by Crippen LogP contribution is 2.20. The SMILES string of the molecule is CCCC(O)(CCC)CNC(=O)c1cc(F)cc2[nH]c(=S)[nH]c12. The van der Waals surface area contributed by atoms with Crippen molar-refractivity contribution < 1.29 is 14.3 Å². The molecule has 2 aromatic rings. The third kappa shape index (κ3) is 4.17. The van der Waals surface area contributed by atoms with Crippen molar-refractivity contribution in [1.29, 1.82) is 0 Å². The lowest BCUT2D eigenvalue weighted by molar-refractivity contribution is 0.0213. The standard InChI is InChI=1S/C16H22FN3O2S/c1-3-5-16(22,6-4-2)9-18-14(21)11-7-10(17)8-12-13(11)20-15(23)19-12/h7-8,22H,3-6,9H2,1-2H3,(H,18,21)(H2,19,20,23). The lowest BCUT2D eigenvalue weighted by Gasteiger charge is -2.27. The summed E-state index contributed by atoms with van der Waals surface area (Å²) in [5.41, 5.74) is 0.139. The number of imidazole rings is 1. The molecular formula is C16H22FN3O2S. The number of H-pyrrole nitrogens is 2. The second-order valence-electron chi connectivity index (χ2n) is 5.86. The second-order valence-corrected chi connectivity index (χ2v) is 6.27. The van der Waals surface area contributed by atoms with E-state index >= 15 is 0 Å². The lowest BCUT2D eigenvalue weighted by Crippen LogP contribution is -2.42. The van der Waals surface area contributed by atoms with Crippen LogP contribution in [0.25, 0.3) is 11.0 Å². The average molecular weight is 339 g/mol. The monoisotopic (exact) mass is 339 g/mol. The van der Waals surface area contributed by atoms with E-state index in [0.717, 1.165) is 18.9 Å². The Morgan fingerprint density at radius 3 is 2.57 bits per heavy atom. The molecule has 1 heterocycles. The van der Waals surface area contributed by atoms with Crippen LogP contribution in [0, 0.1) is 10.6 Å². The van der Waals surface area contributed by atoms with Crippen molar-refractivity contribution in [2.75, 3.05) is 6.54 Å². The van der Waals surface area contributed by atoms with Gasteiger partial charge in [0.2, 0.25) is 0 Å². The predicted molar refractivity (Wildman–Crippen MR) is 90.5 cm³/mol. The summed E-state index contributed by atoms with van der Waals surface area (Å²) in [6.07, 6.45) is 2.85. The van der Waals surface area contributed by atoms with E-state index < -0.39 is 17.3 Å². The molecule has 0 aliphatic rings. The third-order valence-corrected chi connectivity index (χ3v) is 4.05. The summed E-state index contributed by atoms with van der Waals surface area (Å²) in [5.74, 6) is -0.962. The van der Waals surface area contributed by atoms with E-state index in [2.05, 4.69) is 15.3 Å². The van der Waals surface area contributed by atoms with Crippen molar-refractivity contribution in [3.05, 3.63) is 28.3 Å². The van der Waals surface area contributed by atoms with Gasteiger partial charge in [0.1, 0.15) is 5.82 Å². The Balaban J connectivity index is 2.22. The molecule has 2 rings (SSSR count). The minimum Gasteiger partial charge on any atom is -0.388 e. The molecule has 1 aromatic carbocycles. The van der Waals surface area contributed by atoms with Crippen molar-refractivity contribution in [2.45, 2.75) is 45.1 Å². The summed E-state index contributed by atoms with van der Waals surface area (Å²) in [6.45, 7) is 4.10. The summed E-state index contributed by atoms with van der Waals surface area (Å²) in [6, 6.07) is 2.44. The van der Waals surface area contributed by atoms with Gasteiger partial charge in [-0.1, -0.05) is 26.7 Å². The Bertz CT molecular complexity index is 747. The summed E-state index contributed by atoms with van der Waals surface area (Å²) in [4.78, 5) is 18.1. The molecule has 0 saturated heterocycles. The third-order valence-electron chi connectivity index (χ3n) is 3.84. The molecule has 0 atom stereocenters. The molecular weight excluding hydrogens is 317 g/mol. The van der Waals surface area contributed by atoms with Crippen LogP contribution in [0.5, 0.6) is 0 Å². The van der Waals surface area contributed by atoms with E-state index in [4.69, 9.17) is 12.2 Å². The van der Waals surface area contributed by atoms with Crippen LogP contribution in [0.15, 0.2) is 12.1 Å². The largest absolute Gasteiger partial charge is 0.388 e. The summed E-state index contributed by atoms with van der Waals surface area (Å²) >= 11 is 4.99. The maximum absolute atomic E-state index is 13.7. The second kappa shape index (κ2) is 7.23. The number of fused-ring (bicyclic) bond motifs is 1. The van der Waals surface area contributed by atoms with Gasteiger partial charge in [-0.2, -0.15) is 0 Å². The van der Waals surface area contributed by atoms with Gasteiger partial charge in [-0.25, -0.2) is 4.39 Å². The minimum atomic E-state index is -0.934. The van der Waals surface area contributed by atoms with Gasteiger partial charge in [-0.05, 0) is 37.2 Å². The number of carbonyl (C=O) groups is 1. The highest BCUT2D eigenvalue weighted by molar-refractivity contribution is 7.71. The van der Waals surface area contributed by atoms with Gasteiger partial charge in [-0.3, -0.25) is 4.79 Å². The van der Waals surface area contributed by atoms with Crippen molar-refractivity contribution in [1.82, 2.24) is 15.3 Å². The maximum Gasteiger partial charge on any atom is 0.253 e. The number of carbonyl (C=O) groups excluding carboxylic acids is 1. The Kier molecular flexibility index (Phi) is 5.54. The zero-order valence-electron chi connectivity index (χ0n) is 13.3. The fraction of sp³-hybridized carbons (Fsp3) is 0.500. The van der Waals surface area contributed by atoms with Crippen LogP contribution in [-0.4, -0.2) is 33.1 Å². The number of nitrogens with one attached hydrogen (secondary N) is 3. The molecule has 5 nitrogen and oxygen atoms in total. The molecule has 0 fully saturated rings. The topological polar surface area (TPSA) is 80.9 Å². The van der Waals surface area contributed by atoms with Crippen molar-refractivity contribution in [2.24, 2.45) is 0 Å². The van der Waals surface area contributed by atoms with Crippen LogP contribution >= 0.6 is 12.2 Å². The van der Waals surface area contributed by atoms with Gasteiger partial charge in [0.15, 0.2) is 4.77 Å². The Morgan fingerprint density at radius 2 is 1.96 bits per heavy atom. The number of hydrogen-bond donors (Lipinski definition) is 4. The van der Waals surface area contributed by atoms with Gasteiger partial charge in [0.05, 0.1) is 22.2 Å². The molecule has 1 amide bonds. The highest BCUT2D eigenvalue weighted by Gasteiger charge is 2.26. The first-order valence-corrected chi connectivity index (χ1v) is 8.21. The minimum absolute atomic E-state index is 0.136. The molecule has 1 aromatic heterocycles. The zero-order chi connectivity index (χ0) is 17.0. The first-order chi connectivity index (χ1) is 10.9. The number of hydrogen-bond acceptors (Lipinski definition) is 3. The van der Waals surface area contributed by atoms with Crippen LogP contribution in [0.1, 0.15) is 49.9 Å². The van der Waals surface area contributed by atoms with Crippen LogP contribution in [-0.2, 0) is 0 Å². The van der Waals surface area contributed by atoms with Crippen LogP contribution < -0.4 is 5.32 Å². The molecule has 0 bridgehead atoms. The van der Waals surface area contributed by atoms with E-state index in [1.807, 2.05) is 13.8 Å². The maximum atomic E-state index is 13.7. The first kappa shape index (κ1) is 17.6. The van der Waals surface area contributed by atoms with Gasteiger partial charge in [0, 0.05) is 6.54 Å². The molecule has 0 spiro atoms. The van der Waals surface area contributed by atoms with E-state index in [9.17, 15) is 14.3 Å². The summed E-state index contributed by atoms with van der Waals surface area (Å²) < 4.78 is 14.0. The first-order valence-electron chi connectivity index (χ1n) is 7.80. The Morgan fingerprint density at radius 1 is 1.30 bits per heavy atom.